The van der Waals surface area contributed by atoms with Gasteiger partial charge in [0.05, 0.1) is 18.7 Å². The van der Waals surface area contributed by atoms with Crippen LogP contribution < -0.4 is 28.3 Å². The van der Waals surface area contributed by atoms with Crippen molar-refractivity contribution in [3.05, 3.63) is 0 Å². The molecule has 0 spiro atoms. The minimum atomic E-state index is -1.76. The van der Waals surface area contributed by atoms with Crippen LogP contribution in [0, 0.1) is 0 Å². The molecule has 2 aliphatic heterocycles. The molecule has 0 aromatic carbocycles. The molecule has 2 heterocycles. The molecule has 3 aliphatic rings. The Balaban J connectivity index is 0.00000159. The van der Waals surface area contributed by atoms with Gasteiger partial charge in [0.1, 0.15) is 67.1 Å². The van der Waals surface area contributed by atoms with E-state index in [1.807, 2.05) is 0 Å². The molecule has 44 heavy (non-hydrogen) atoms. The number of carbonyl (C=O) groups is 2. The average molecular weight is 646 g/mol. The Morgan fingerprint density at radius 1 is 0.864 bits per heavy atom. The first kappa shape index (κ1) is 38.5. The fourth-order valence-corrected chi connectivity index (χ4v) is 5.07. The van der Waals surface area contributed by atoms with Gasteiger partial charge in [-0.25, -0.2) is 0 Å². The van der Waals surface area contributed by atoms with Crippen molar-refractivity contribution in [3.8, 4) is 0 Å². The highest BCUT2D eigenvalue weighted by molar-refractivity contribution is 5.80. The Morgan fingerprint density at radius 2 is 1.41 bits per heavy atom. The van der Waals surface area contributed by atoms with Gasteiger partial charge in [-0.1, -0.05) is 0 Å². The average Bonchev–Trinajstić information content (AvgIpc) is 2.96. The van der Waals surface area contributed by atoms with E-state index < -0.39 is 116 Å². The number of aliphatic carboxylic acids is 1. The number of aliphatic hydroxyl groups is 8. The molecule has 258 valence electrons. The standard InChI is InChI=1S/C22H43N5O13.C2H4O2/c23-2-1-8(29)20(36)27-7-3-6(25)18(39-22-16(34)15(33)13(31)9(4-24)37-22)17(35)19(7)40-21-14(32)11(26)12(30)10(5-28)38-21;1-2(3)4/h6-19,21-22,28-35H,1-5,23-26H2,(H,27,36);1H3,(H,3,4)/t6-,7+,8-,9+,10+,11-,12+,13+,14+,15-,16+,17-,18+,19-,21?,22?;/m0./s1. The third-order valence-electron chi connectivity index (χ3n) is 7.51. The molecule has 20 heteroatoms. The van der Waals surface area contributed by atoms with E-state index in [9.17, 15) is 45.6 Å². The number of hydrogen-bond acceptors (Lipinski definition) is 18. The highest BCUT2D eigenvalue weighted by Gasteiger charge is 2.52. The number of nitrogens with one attached hydrogen (secondary N) is 1. The zero-order valence-electron chi connectivity index (χ0n) is 24.1. The zero-order valence-corrected chi connectivity index (χ0v) is 24.1. The van der Waals surface area contributed by atoms with Gasteiger partial charge in [-0.2, -0.15) is 0 Å². The van der Waals surface area contributed by atoms with Crippen LogP contribution in [0.25, 0.3) is 0 Å². The van der Waals surface area contributed by atoms with Crippen molar-refractivity contribution in [3.63, 3.8) is 0 Å². The molecule has 16 atom stereocenters. The number of carbonyl (C=O) groups excluding carboxylic acids is 1. The summed E-state index contributed by atoms with van der Waals surface area (Å²) >= 11 is 0. The molecule has 1 aliphatic carbocycles. The summed E-state index contributed by atoms with van der Waals surface area (Å²) in [5, 5.41) is 92.3. The first-order chi connectivity index (χ1) is 20.6. The first-order valence-electron chi connectivity index (χ1n) is 14.0. The van der Waals surface area contributed by atoms with Crippen LogP contribution in [-0.4, -0.2) is 175 Å². The number of amides is 1. The predicted molar refractivity (Wildman–Crippen MR) is 145 cm³/mol. The van der Waals surface area contributed by atoms with Crippen molar-refractivity contribution in [2.75, 3.05) is 19.7 Å². The topological polar surface area (TPSA) is 369 Å². The Kier molecular flexibility index (Phi) is 15.1. The molecule has 0 aromatic heterocycles. The lowest BCUT2D eigenvalue weighted by atomic mass is 9.83. The van der Waals surface area contributed by atoms with E-state index in [-0.39, 0.29) is 25.9 Å². The maximum atomic E-state index is 12.6. The number of carboxylic acids is 1. The van der Waals surface area contributed by atoms with Gasteiger partial charge in [0.2, 0.25) is 5.91 Å². The van der Waals surface area contributed by atoms with Crippen molar-refractivity contribution in [2.24, 2.45) is 22.9 Å². The minimum absolute atomic E-state index is 0.0101. The van der Waals surface area contributed by atoms with Gasteiger partial charge >= 0.3 is 0 Å². The summed E-state index contributed by atoms with van der Waals surface area (Å²) < 4.78 is 22.5. The largest absolute Gasteiger partial charge is 0.481 e. The van der Waals surface area contributed by atoms with Crippen LogP contribution in [0.5, 0.6) is 0 Å². The van der Waals surface area contributed by atoms with E-state index in [1.54, 1.807) is 0 Å². The lowest BCUT2D eigenvalue weighted by Gasteiger charge is -2.49. The fraction of sp³-hybridized carbons (Fsp3) is 0.917. The van der Waals surface area contributed by atoms with E-state index in [0.717, 1.165) is 6.92 Å². The summed E-state index contributed by atoms with van der Waals surface area (Å²) in [7, 11) is 0. The molecule has 3 rings (SSSR count). The number of carboxylic acid groups (broad SMARTS) is 1. The molecule has 18 N–H and O–H groups in total. The third-order valence-corrected chi connectivity index (χ3v) is 7.51. The molecular weight excluding hydrogens is 598 g/mol. The molecule has 20 nitrogen and oxygen atoms in total. The van der Waals surface area contributed by atoms with E-state index in [4.69, 9.17) is 51.8 Å². The summed E-state index contributed by atoms with van der Waals surface area (Å²) in [4.78, 5) is 21.6. The number of aliphatic hydroxyl groups excluding tert-OH is 8. The van der Waals surface area contributed by atoms with Crippen LogP contribution in [0.3, 0.4) is 0 Å². The molecule has 2 unspecified atom stereocenters. The number of nitrogens with two attached hydrogens (primary N) is 4. The first-order valence-corrected chi connectivity index (χ1v) is 14.0. The quantitative estimate of drug-likeness (QED) is 0.105. The molecule has 0 aromatic rings. The fourth-order valence-electron chi connectivity index (χ4n) is 5.07. The second-order valence-electron chi connectivity index (χ2n) is 10.9. The monoisotopic (exact) mass is 645 g/mol. The Hall–Kier alpha value is -1.70. The number of hydrogen-bond donors (Lipinski definition) is 14. The minimum Gasteiger partial charge on any atom is -0.481 e. The van der Waals surface area contributed by atoms with Crippen LogP contribution in [0.15, 0.2) is 0 Å². The SMILES string of the molecule is CC(=O)O.NCC[C@H](O)C(=O)N[C@@H]1C[C@H](N)[C@@H](OC2O[C@H](CN)[C@@H](O)[C@H](O)[C@H]2O)[C@H](O)[C@H]1OC1O[C@H](CO)[C@@H](O)[C@H](N)[C@H]1O. The Bertz CT molecular complexity index is 902. The maximum Gasteiger partial charge on any atom is 0.300 e. The molecule has 1 saturated carbocycles. The van der Waals surface area contributed by atoms with Crippen molar-refractivity contribution < 1.29 is 74.5 Å². The van der Waals surface area contributed by atoms with Crippen molar-refractivity contribution in [1.29, 1.82) is 0 Å². The highest BCUT2D eigenvalue weighted by atomic mass is 16.7. The van der Waals surface area contributed by atoms with Crippen molar-refractivity contribution in [1.82, 2.24) is 5.32 Å². The third kappa shape index (κ3) is 9.42. The summed E-state index contributed by atoms with van der Waals surface area (Å²) in [6.07, 6.45) is -19.8. The molecule has 3 fully saturated rings. The smallest absolute Gasteiger partial charge is 0.300 e. The zero-order chi connectivity index (χ0) is 33.5. The van der Waals surface area contributed by atoms with Crippen LogP contribution >= 0.6 is 0 Å². The summed E-state index contributed by atoms with van der Waals surface area (Å²) in [5.74, 6) is -1.68. The summed E-state index contributed by atoms with van der Waals surface area (Å²) in [6.45, 7) is 0.185. The molecule has 1 amide bonds. The number of ether oxygens (including phenoxy) is 4. The Labute approximate surface area is 252 Å². The second-order valence-corrected chi connectivity index (χ2v) is 10.9. The molecular formula is C24H47N5O15. The second kappa shape index (κ2) is 17.3. The maximum absolute atomic E-state index is 12.6. The van der Waals surface area contributed by atoms with Crippen molar-refractivity contribution >= 4 is 11.9 Å². The molecule has 2 saturated heterocycles. The Morgan fingerprint density at radius 3 is 1.95 bits per heavy atom. The van der Waals surface area contributed by atoms with Crippen LogP contribution in [0.4, 0.5) is 0 Å². The summed E-state index contributed by atoms with van der Waals surface area (Å²) in [5.41, 5.74) is 23.1. The lowest BCUT2D eigenvalue weighted by molar-refractivity contribution is -0.332. The van der Waals surface area contributed by atoms with Gasteiger partial charge < -0.3 is 93.2 Å². The number of rotatable bonds is 10. The predicted octanol–water partition coefficient (Wildman–Crippen LogP) is -8.33. The van der Waals surface area contributed by atoms with Crippen LogP contribution in [0.1, 0.15) is 19.8 Å². The van der Waals surface area contributed by atoms with Gasteiger partial charge in [-0.3, -0.25) is 9.59 Å². The molecule has 0 bridgehead atoms. The van der Waals surface area contributed by atoms with Gasteiger partial charge in [0, 0.05) is 19.5 Å². The van der Waals surface area contributed by atoms with E-state index in [2.05, 4.69) is 5.32 Å². The van der Waals surface area contributed by atoms with Gasteiger partial charge in [0.25, 0.3) is 5.97 Å². The normalized spacial score (nSPS) is 43.3. The van der Waals surface area contributed by atoms with Crippen LogP contribution in [-0.2, 0) is 28.5 Å². The van der Waals surface area contributed by atoms with Crippen molar-refractivity contribution in [2.45, 2.75) is 118 Å². The highest BCUT2D eigenvalue weighted by Crippen LogP contribution is 2.32. The van der Waals surface area contributed by atoms with Gasteiger partial charge in [-0.15, -0.1) is 0 Å². The van der Waals surface area contributed by atoms with E-state index >= 15 is 0 Å². The van der Waals surface area contributed by atoms with E-state index in [0.29, 0.717) is 0 Å². The summed E-state index contributed by atoms with van der Waals surface area (Å²) in [6, 6.07) is -3.45. The van der Waals surface area contributed by atoms with E-state index in [1.165, 1.54) is 0 Å². The molecule has 0 radical (unpaired) electrons. The van der Waals surface area contributed by atoms with Gasteiger partial charge in [0.15, 0.2) is 12.6 Å². The van der Waals surface area contributed by atoms with Gasteiger partial charge in [-0.05, 0) is 19.4 Å². The lowest BCUT2D eigenvalue weighted by Crippen LogP contribution is -2.69. The van der Waals surface area contributed by atoms with Crippen LogP contribution in [0.2, 0.25) is 0 Å².